The molecule has 2 aromatic carbocycles. The maximum absolute atomic E-state index is 12.7. The van der Waals surface area contributed by atoms with Gasteiger partial charge in [0.25, 0.3) is 5.69 Å². The number of rotatable bonds is 5. The number of anilines is 2. The highest BCUT2D eigenvalue weighted by Gasteiger charge is 2.28. The topological polar surface area (TPSA) is 120 Å². The number of nitrogens with zero attached hydrogens (tertiary/aromatic N) is 2. The van der Waals surface area contributed by atoms with Gasteiger partial charge in [0, 0.05) is 42.9 Å². The van der Waals surface area contributed by atoms with Gasteiger partial charge >= 0.3 is 5.97 Å². The van der Waals surface area contributed by atoms with Gasteiger partial charge in [-0.1, -0.05) is 0 Å². The first-order chi connectivity index (χ1) is 15.0. The van der Waals surface area contributed by atoms with Gasteiger partial charge in [-0.3, -0.25) is 14.9 Å². The van der Waals surface area contributed by atoms with Gasteiger partial charge in [-0.25, -0.2) is 4.79 Å². The van der Waals surface area contributed by atoms with Crippen molar-refractivity contribution in [3.8, 4) is 11.5 Å². The van der Waals surface area contributed by atoms with Crippen LogP contribution >= 0.6 is 0 Å². The summed E-state index contributed by atoms with van der Waals surface area (Å²) in [4.78, 5) is 37.3. The highest BCUT2D eigenvalue weighted by Crippen LogP contribution is 2.35. The summed E-state index contributed by atoms with van der Waals surface area (Å²) in [6.45, 7) is 1.23. The van der Waals surface area contributed by atoms with E-state index in [2.05, 4.69) is 5.32 Å². The number of non-ortho nitro benzene ring substituents is 1. The molecule has 0 unspecified atom stereocenters. The Morgan fingerprint density at radius 3 is 2.58 bits per heavy atom. The van der Waals surface area contributed by atoms with Crippen molar-refractivity contribution in [1.82, 2.24) is 0 Å². The summed E-state index contributed by atoms with van der Waals surface area (Å²) < 4.78 is 15.4. The van der Waals surface area contributed by atoms with Crippen molar-refractivity contribution >= 4 is 28.9 Å². The molecule has 2 aliphatic heterocycles. The molecule has 0 bridgehead atoms. The smallest absolute Gasteiger partial charge is 0.340 e. The van der Waals surface area contributed by atoms with Crippen LogP contribution in [-0.4, -0.2) is 43.8 Å². The first kappa shape index (κ1) is 20.5. The second-order valence-corrected chi connectivity index (χ2v) is 7.27. The van der Waals surface area contributed by atoms with Gasteiger partial charge < -0.3 is 24.4 Å². The molecule has 31 heavy (non-hydrogen) atoms. The van der Waals surface area contributed by atoms with E-state index in [1.807, 2.05) is 4.90 Å². The number of nitro groups is 1. The molecule has 10 nitrogen and oxygen atoms in total. The van der Waals surface area contributed by atoms with Gasteiger partial charge in [0.1, 0.15) is 0 Å². The van der Waals surface area contributed by atoms with Gasteiger partial charge in [-0.15, -0.1) is 0 Å². The van der Waals surface area contributed by atoms with Gasteiger partial charge in [0.15, 0.2) is 11.5 Å². The zero-order valence-corrected chi connectivity index (χ0v) is 16.8. The lowest BCUT2D eigenvalue weighted by atomic mass is 9.94. The molecule has 0 radical (unpaired) electrons. The van der Waals surface area contributed by atoms with Crippen molar-refractivity contribution in [2.45, 2.75) is 12.8 Å². The number of esters is 1. The number of piperidine rings is 1. The maximum atomic E-state index is 12.7. The highest BCUT2D eigenvalue weighted by atomic mass is 16.7. The van der Waals surface area contributed by atoms with Crippen LogP contribution in [0.2, 0.25) is 0 Å². The predicted molar refractivity (Wildman–Crippen MR) is 111 cm³/mol. The van der Waals surface area contributed by atoms with E-state index in [1.54, 1.807) is 24.3 Å². The minimum Gasteiger partial charge on any atom is -0.465 e. The largest absolute Gasteiger partial charge is 0.465 e. The summed E-state index contributed by atoms with van der Waals surface area (Å²) in [5, 5.41) is 14.0. The molecule has 4 rings (SSSR count). The number of ether oxygens (including phenoxy) is 3. The van der Waals surface area contributed by atoms with E-state index < -0.39 is 10.9 Å². The van der Waals surface area contributed by atoms with Crippen LogP contribution in [0.25, 0.3) is 0 Å². The quantitative estimate of drug-likeness (QED) is 0.439. The molecule has 162 valence electrons. The van der Waals surface area contributed by atoms with E-state index in [0.29, 0.717) is 48.8 Å². The number of hydrogen-bond acceptors (Lipinski definition) is 8. The zero-order chi connectivity index (χ0) is 22.0. The molecular weight excluding hydrogens is 406 g/mol. The summed E-state index contributed by atoms with van der Waals surface area (Å²) in [6, 6.07) is 9.38. The monoisotopic (exact) mass is 427 g/mol. The van der Waals surface area contributed by atoms with E-state index in [0.717, 1.165) is 0 Å². The highest BCUT2D eigenvalue weighted by molar-refractivity contribution is 5.97. The van der Waals surface area contributed by atoms with Crippen molar-refractivity contribution in [2.75, 3.05) is 37.2 Å². The van der Waals surface area contributed by atoms with Crippen LogP contribution in [0.3, 0.4) is 0 Å². The van der Waals surface area contributed by atoms with Crippen LogP contribution in [0.1, 0.15) is 23.2 Å². The Balaban J connectivity index is 1.42. The van der Waals surface area contributed by atoms with E-state index in [-0.39, 0.29) is 29.9 Å². The fourth-order valence-electron chi connectivity index (χ4n) is 3.79. The Morgan fingerprint density at radius 1 is 1.13 bits per heavy atom. The van der Waals surface area contributed by atoms with Crippen LogP contribution in [0.4, 0.5) is 17.1 Å². The summed E-state index contributed by atoms with van der Waals surface area (Å²) in [5.41, 5.74) is 1.16. The first-order valence-electron chi connectivity index (χ1n) is 9.78. The maximum Gasteiger partial charge on any atom is 0.340 e. The van der Waals surface area contributed by atoms with Crippen LogP contribution < -0.4 is 19.7 Å². The zero-order valence-electron chi connectivity index (χ0n) is 16.8. The molecule has 2 heterocycles. The number of benzene rings is 2. The third-order valence-electron chi connectivity index (χ3n) is 5.44. The van der Waals surface area contributed by atoms with E-state index in [9.17, 15) is 19.7 Å². The molecule has 0 aliphatic carbocycles. The fourth-order valence-corrected chi connectivity index (χ4v) is 3.79. The van der Waals surface area contributed by atoms with E-state index in [1.165, 1.54) is 19.2 Å². The minimum atomic E-state index is -0.638. The Bertz CT molecular complexity index is 1030. The third kappa shape index (κ3) is 4.23. The molecule has 1 fully saturated rings. The molecule has 0 spiro atoms. The molecule has 10 heteroatoms. The SMILES string of the molecule is COC(=O)c1cc([N+](=O)[O-])ccc1N1CCC(C(=O)Nc2ccc3c(c2)OCO3)CC1. The lowest BCUT2D eigenvalue weighted by Crippen LogP contribution is -2.38. The van der Waals surface area contributed by atoms with Crippen LogP contribution in [0.5, 0.6) is 11.5 Å². The molecule has 1 N–H and O–H groups in total. The molecule has 2 aromatic rings. The van der Waals surface area contributed by atoms with E-state index in [4.69, 9.17) is 14.2 Å². The van der Waals surface area contributed by atoms with Crippen molar-refractivity contribution < 1.29 is 28.7 Å². The Morgan fingerprint density at radius 2 is 1.87 bits per heavy atom. The number of nitrogens with one attached hydrogen (secondary N) is 1. The van der Waals surface area contributed by atoms with Crippen LogP contribution in [0, 0.1) is 16.0 Å². The van der Waals surface area contributed by atoms with Crippen molar-refractivity contribution in [2.24, 2.45) is 5.92 Å². The van der Waals surface area contributed by atoms with E-state index >= 15 is 0 Å². The summed E-state index contributed by atoms with van der Waals surface area (Å²) in [6.07, 6.45) is 1.15. The Hall–Kier alpha value is -3.82. The Labute approximate surface area is 177 Å². The average molecular weight is 427 g/mol. The lowest BCUT2D eigenvalue weighted by Gasteiger charge is -2.33. The predicted octanol–water partition coefficient (Wildman–Crippen LogP) is 2.97. The normalized spacial score (nSPS) is 15.5. The molecule has 0 atom stereocenters. The number of hydrogen-bond donors (Lipinski definition) is 1. The number of nitro benzene ring substituents is 1. The minimum absolute atomic E-state index is 0.0876. The van der Waals surface area contributed by atoms with Gasteiger partial charge in [0.05, 0.1) is 23.3 Å². The average Bonchev–Trinajstić information content (AvgIpc) is 3.26. The van der Waals surface area contributed by atoms with Crippen molar-refractivity contribution in [3.63, 3.8) is 0 Å². The van der Waals surface area contributed by atoms with Gasteiger partial charge in [-0.05, 0) is 31.0 Å². The van der Waals surface area contributed by atoms with Gasteiger partial charge in [0.2, 0.25) is 12.7 Å². The molecule has 1 saturated heterocycles. The fraction of sp³-hybridized carbons (Fsp3) is 0.333. The van der Waals surface area contributed by atoms with Crippen LogP contribution in [0.15, 0.2) is 36.4 Å². The van der Waals surface area contributed by atoms with Crippen LogP contribution in [-0.2, 0) is 9.53 Å². The second kappa shape index (κ2) is 8.50. The molecule has 1 amide bonds. The van der Waals surface area contributed by atoms with Crippen molar-refractivity contribution in [3.05, 3.63) is 52.1 Å². The first-order valence-corrected chi connectivity index (χ1v) is 9.78. The summed E-state index contributed by atoms with van der Waals surface area (Å²) >= 11 is 0. The number of carbonyl (C=O) groups excluding carboxylic acids is 2. The summed E-state index contributed by atoms with van der Waals surface area (Å²) in [7, 11) is 1.23. The number of fused-ring (bicyclic) bond motifs is 1. The third-order valence-corrected chi connectivity index (χ3v) is 5.44. The summed E-state index contributed by atoms with van der Waals surface area (Å²) in [5.74, 6) is 0.329. The standard InChI is InChI=1S/C21H21N3O7/c1-29-21(26)16-11-15(24(27)28)3-4-17(16)23-8-6-13(7-9-23)20(25)22-14-2-5-18-19(10-14)31-12-30-18/h2-5,10-11,13H,6-9,12H2,1H3,(H,22,25). The number of amides is 1. The molecule has 0 saturated carbocycles. The molecule has 2 aliphatic rings. The Kier molecular flexibility index (Phi) is 5.61. The van der Waals surface area contributed by atoms with Crippen molar-refractivity contribution in [1.29, 1.82) is 0 Å². The molecular formula is C21H21N3O7. The van der Waals surface area contributed by atoms with Gasteiger partial charge in [-0.2, -0.15) is 0 Å². The number of carbonyl (C=O) groups is 2. The second-order valence-electron chi connectivity index (χ2n) is 7.27. The number of methoxy groups -OCH3 is 1. The lowest BCUT2D eigenvalue weighted by molar-refractivity contribution is -0.384. The molecule has 0 aromatic heterocycles.